The molecule has 1 N–H and O–H groups in total. The predicted octanol–water partition coefficient (Wildman–Crippen LogP) is 5.11. The van der Waals surface area contributed by atoms with Crippen molar-refractivity contribution in [3.05, 3.63) is 59.7 Å². The van der Waals surface area contributed by atoms with Gasteiger partial charge in [-0.1, -0.05) is 29.8 Å². The highest BCUT2D eigenvalue weighted by molar-refractivity contribution is 5.89. The maximum Gasteiger partial charge on any atom is 0.573 e. The number of hydrogen-bond donors (Lipinski definition) is 1. The van der Waals surface area contributed by atoms with Crippen molar-refractivity contribution >= 4 is 11.7 Å². The van der Waals surface area contributed by atoms with Gasteiger partial charge in [0, 0.05) is 18.8 Å². The average Bonchev–Trinajstić information content (AvgIpc) is 2.68. The fourth-order valence-electron chi connectivity index (χ4n) is 3.10. The van der Waals surface area contributed by atoms with Gasteiger partial charge in [-0.25, -0.2) is 4.79 Å². The second-order valence-electron chi connectivity index (χ2n) is 7.01. The Morgan fingerprint density at radius 3 is 2.48 bits per heavy atom. The quantitative estimate of drug-likeness (QED) is 0.748. The van der Waals surface area contributed by atoms with Gasteiger partial charge in [-0.2, -0.15) is 0 Å². The molecule has 1 heterocycles. The number of likely N-dealkylation sites (tertiary alicyclic amines) is 1. The van der Waals surface area contributed by atoms with Crippen LogP contribution in [-0.4, -0.2) is 36.5 Å². The van der Waals surface area contributed by atoms with Gasteiger partial charge in [-0.05, 0) is 49.6 Å². The van der Waals surface area contributed by atoms with E-state index in [1.165, 1.54) is 24.3 Å². The van der Waals surface area contributed by atoms with Crippen molar-refractivity contribution in [3.63, 3.8) is 0 Å². The summed E-state index contributed by atoms with van der Waals surface area (Å²) in [4.78, 5) is 14.2. The Morgan fingerprint density at radius 2 is 1.83 bits per heavy atom. The molecule has 2 aromatic carbocycles. The molecule has 0 radical (unpaired) electrons. The summed E-state index contributed by atoms with van der Waals surface area (Å²) < 4.78 is 46.3. The number of hydrogen-bond acceptors (Lipinski definition) is 3. The van der Waals surface area contributed by atoms with Crippen LogP contribution in [0.25, 0.3) is 0 Å². The van der Waals surface area contributed by atoms with Gasteiger partial charge in [-0.3, -0.25) is 0 Å². The van der Waals surface area contributed by atoms with E-state index in [1.54, 1.807) is 4.90 Å². The van der Waals surface area contributed by atoms with E-state index in [9.17, 15) is 18.0 Å². The number of urea groups is 1. The number of ether oxygens (including phenoxy) is 2. The molecule has 8 heteroatoms. The van der Waals surface area contributed by atoms with E-state index in [2.05, 4.69) is 10.1 Å². The molecule has 1 saturated heterocycles. The number of nitrogens with zero attached hydrogens (tertiary/aromatic N) is 1. The van der Waals surface area contributed by atoms with Crippen LogP contribution in [0.3, 0.4) is 0 Å². The number of anilines is 1. The molecule has 1 fully saturated rings. The van der Waals surface area contributed by atoms with Crippen LogP contribution < -0.4 is 10.1 Å². The molecule has 0 unspecified atom stereocenters. The third-order valence-electron chi connectivity index (χ3n) is 4.61. The van der Waals surface area contributed by atoms with Crippen molar-refractivity contribution in [2.75, 3.05) is 18.4 Å². The Balaban J connectivity index is 1.48. The lowest BCUT2D eigenvalue weighted by molar-refractivity contribution is -0.274. The highest BCUT2D eigenvalue weighted by Gasteiger charge is 2.31. The van der Waals surface area contributed by atoms with Gasteiger partial charge in [0.15, 0.2) is 0 Å². The molecular weight excluding hydrogens is 385 g/mol. The molecule has 1 atom stereocenters. The van der Waals surface area contributed by atoms with Crippen LogP contribution in [-0.2, 0) is 11.3 Å². The number of halogens is 3. The van der Waals surface area contributed by atoms with Crippen molar-refractivity contribution < 1.29 is 27.4 Å². The zero-order valence-corrected chi connectivity index (χ0v) is 16.0. The molecule has 1 aliphatic rings. The monoisotopic (exact) mass is 408 g/mol. The largest absolute Gasteiger partial charge is 0.573 e. The van der Waals surface area contributed by atoms with Crippen LogP contribution in [0.1, 0.15) is 24.0 Å². The summed E-state index contributed by atoms with van der Waals surface area (Å²) in [6, 6.07) is 13.0. The van der Waals surface area contributed by atoms with Gasteiger partial charge < -0.3 is 19.7 Å². The van der Waals surface area contributed by atoms with Crippen molar-refractivity contribution in [3.8, 4) is 5.75 Å². The molecule has 0 saturated carbocycles. The zero-order valence-electron chi connectivity index (χ0n) is 16.0. The fraction of sp³-hybridized carbons (Fsp3) is 0.381. The van der Waals surface area contributed by atoms with Gasteiger partial charge in [0.1, 0.15) is 5.75 Å². The van der Waals surface area contributed by atoms with Gasteiger partial charge >= 0.3 is 12.4 Å². The second kappa shape index (κ2) is 9.17. The molecule has 3 rings (SSSR count). The first-order chi connectivity index (χ1) is 13.8. The first-order valence-electron chi connectivity index (χ1n) is 9.37. The minimum atomic E-state index is -4.71. The smallest absolute Gasteiger partial charge is 0.406 e. The number of amides is 2. The minimum absolute atomic E-state index is 0.126. The number of aryl methyl sites for hydroxylation is 1. The average molecular weight is 408 g/mol. The van der Waals surface area contributed by atoms with E-state index in [1.807, 2.05) is 31.2 Å². The second-order valence-corrected chi connectivity index (χ2v) is 7.01. The van der Waals surface area contributed by atoms with Gasteiger partial charge in [0.05, 0.1) is 12.7 Å². The van der Waals surface area contributed by atoms with Crippen LogP contribution in [0.2, 0.25) is 0 Å². The first kappa shape index (κ1) is 21.0. The van der Waals surface area contributed by atoms with E-state index >= 15 is 0 Å². The molecule has 0 aliphatic carbocycles. The van der Waals surface area contributed by atoms with Gasteiger partial charge in [0.25, 0.3) is 0 Å². The molecule has 5 nitrogen and oxygen atoms in total. The SMILES string of the molecule is Cc1ccc(NC(=O)N2CCC[C@H](OCc3ccc(OC(F)(F)F)cc3)C2)cc1. The van der Waals surface area contributed by atoms with Crippen molar-refractivity contribution in [1.29, 1.82) is 0 Å². The van der Waals surface area contributed by atoms with E-state index in [0.29, 0.717) is 13.1 Å². The summed E-state index contributed by atoms with van der Waals surface area (Å²) in [7, 11) is 0. The molecule has 0 bridgehead atoms. The summed E-state index contributed by atoms with van der Waals surface area (Å²) in [5, 5.41) is 2.88. The van der Waals surface area contributed by atoms with Crippen molar-refractivity contribution in [2.45, 2.75) is 38.8 Å². The summed E-state index contributed by atoms with van der Waals surface area (Å²) in [6.07, 6.45) is -3.19. The zero-order chi connectivity index (χ0) is 20.9. The van der Waals surface area contributed by atoms with Crippen molar-refractivity contribution in [2.24, 2.45) is 0 Å². The number of benzene rings is 2. The summed E-state index contributed by atoms with van der Waals surface area (Å²) in [5.74, 6) is -0.266. The van der Waals surface area contributed by atoms with Crippen LogP contribution in [0.5, 0.6) is 5.75 Å². The number of nitrogens with one attached hydrogen (secondary N) is 1. The van der Waals surface area contributed by atoms with E-state index in [-0.39, 0.29) is 24.5 Å². The molecule has 29 heavy (non-hydrogen) atoms. The lowest BCUT2D eigenvalue weighted by Gasteiger charge is -2.32. The van der Waals surface area contributed by atoms with Crippen molar-refractivity contribution in [1.82, 2.24) is 4.90 Å². The molecule has 2 amide bonds. The number of rotatable bonds is 5. The lowest BCUT2D eigenvalue weighted by atomic mass is 10.1. The molecular formula is C21H23F3N2O3. The highest BCUT2D eigenvalue weighted by Crippen LogP contribution is 2.23. The van der Waals surface area contributed by atoms with Gasteiger partial charge in [-0.15, -0.1) is 13.2 Å². The topological polar surface area (TPSA) is 50.8 Å². The summed E-state index contributed by atoms with van der Waals surface area (Å²) in [5.41, 5.74) is 2.60. The Morgan fingerprint density at radius 1 is 1.14 bits per heavy atom. The number of carbonyl (C=O) groups excluding carboxylic acids is 1. The summed E-state index contributed by atoms with van der Waals surface area (Å²) in [6.45, 7) is 3.35. The van der Waals surface area contributed by atoms with E-state index in [4.69, 9.17) is 4.74 Å². The van der Waals surface area contributed by atoms with Crippen LogP contribution in [0.15, 0.2) is 48.5 Å². The number of piperidine rings is 1. The third kappa shape index (κ3) is 6.67. The Labute approximate surface area is 167 Å². The molecule has 1 aliphatic heterocycles. The fourth-order valence-corrected chi connectivity index (χ4v) is 3.10. The molecule has 2 aromatic rings. The molecule has 0 spiro atoms. The normalized spacial score (nSPS) is 17.1. The Bertz CT molecular complexity index is 807. The molecule has 156 valence electrons. The number of carbonyl (C=O) groups is 1. The maximum absolute atomic E-state index is 12.5. The standard InChI is InChI=1S/C21H23F3N2O3/c1-15-4-8-17(9-5-15)25-20(27)26-12-2-3-19(13-26)28-14-16-6-10-18(11-7-16)29-21(22,23)24/h4-11,19H,2-3,12-14H2,1H3,(H,25,27)/t19-/m0/s1. The number of alkyl halides is 3. The van der Waals surface area contributed by atoms with E-state index in [0.717, 1.165) is 29.7 Å². The van der Waals surface area contributed by atoms with Gasteiger partial charge in [0.2, 0.25) is 0 Å². The third-order valence-corrected chi connectivity index (χ3v) is 4.61. The Hall–Kier alpha value is -2.74. The highest BCUT2D eigenvalue weighted by atomic mass is 19.4. The first-order valence-corrected chi connectivity index (χ1v) is 9.37. The van der Waals surface area contributed by atoms with E-state index < -0.39 is 6.36 Å². The summed E-state index contributed by atoms with van der Waals surface area (Å²) >= 11 is 0. The van der Waals surface area contributed by atoms with Crippen LogP contribution in [0, 0.1) is 6.92 Å². The Kier molecular flexibility index (Phi) is 6.64. The lowest BCUT2D eigenvalue weighted by Crippen LogP contribution is -2.45. The maximum atomic E-state index is 12.5. The van der Waals surface area contributed by atoms with Crippen LogP contribution >= 0.6 is 0 Å². The minimum Gasteiger partial charge on any atom is -0.406 e. The van der Waals surface area contributed by atoms with Crippen LogP contribution in [0.4, 0.5) is 23.7 Å². The molecule has 0 aromatic heterocycles. The predicted molar refractivity (Wildman–Crippen MR) is 103 cm³/mol.